The van der Waals surface area contributed by atoms with Crippen LogP contribution in [-0.2, 0) is 18.1 Å². The Labute approximate surface area is 353 Å². The predicted octanol–water partition coefficient (Wildman–Crippen LogP) is 14.2. The molecule has 6 nitrogen and oxygen atoms in total. The lowest BCUT2D eigenvalue weighted by Crippen LogP contribution is -2.54. The molecule has 0 aliphatic rings. The van der Waals surface area contributed by atoms with Gasteiger partial charge in [0.15, 0.2) is 25.0 Å². The molecule has 1 heterocycles. The molecular weight excluding hydrogens is 763 g/mol. The fraction of sp³-hybridized carbons (Fsp3) is 0.826. The lowest BCUT2D eigenvalue weighted by Gasteiger charge is -2.47. The number of aliphatic hydroxyl groups is 1. The molecule has 56 heavy (non-hydrogen) atoms. The number of hydrogen-bond donors (Lipinski definition) is 1. The van der Waals surface area contributed by atoms with Crippen molar-refractivity contribution in [2.24, 2.45) is 17.3 Å². The van der Waals surface area contributed by atoms with Gasteiger partial charge < -0.3 is 18.4 Å². The zero-order chi connectivity index (χ0) is 43.9. The fourth-order valence-electron chi connectivity index (χ4n) is 6.44. The van der Waals surface area contributed by atoms with E-state index in [1.165, 1.54) is 11.1 Å². The van der Waals surface area contributed by atoms with E-state index in [-0.39, 0.29) is 57.7 Å². The van der Waals surface area contributed by atoms with E-state index >= 15 is 0 Å². The van der Waals surface area contributed by atoms with Crippen molar-refractivity contribution in [3.8, 4) is 0 Å². The Hall–Kier alpha value is -0.729. The molecule has 0 aromatic carbocycles. The standard InChI is InChI=1S/C46H89NO5SSi3/c1-23-38(42(49)46(15,16)40(29-30-48)51-55(19,20)44(9,10)11)41(52-56(21,22)45(12,13)14)34(3)26-24-25-33(2)27-28-39(50-54(17,18)43(6,7)8)35(4)31-37-32-53-36(5)47-37/h27,31-32,34,38-41,48H,23-26,28-30H2,1-22H3/b33-27+,35-31+/t34-,38+,39-,40-,41-/m0/s1. The molecule has 0 aliphatic carbocycles. The molecule has 10 heteroatoms. The number of rotatable bonds is 22. The van der Waals surface area contributed by atoms with E-state index in [2.05, 4.69) is 154 Å². The van der Waals surface area contributed by atoms with Gasteiger partial charge in [-0.05, 0) is 131 Å². The molecule has 0 radical (unpaired) electrons. The third-order valence-electron chi connectivity index (χ3n) is 13.7. The third kappa shape index (κ3) is 15.1. The van der Waals surface area contributed by atoms with Crippen molar-refractivity contribution in [3.05, 3.63) is 33.3 Å². The van der Waals surface area contributed by atoms with Crippen molar-refractivity contribution in [2.75, 3.05) is 6.61 Å². The Morgan fingerprint density at radius 2 is 1.34 bits per heavy atom. The summed E-state index contributed by atoms with van der Waals surface area (Å²) in [6.07, 6.45) is 9.02. The van der Waals surface area contributed by atoms with Crippen LogP contribution in [0.15, 0.2) is 22.6 Å². The van der Waals surface area contributed by atoms with Crippen LogP contribution in [0.4, 0.5) is 0 Å². The Bertz CT molecular complexity index is 1440. The molecule has 0 unspecified atom stereocenters. The van der Waals surface area contributed by atoms with Gasteiger partial charge in [-0.2, -0.15) is 0 Å². The van der Waals surface area contributed by atoms with Crippen LogP contribution < -0.4 is 0 Å². The number of allylic oxidation sites excluding steroid dienone is 1. The second-order valence-corrected chi connectivity index (χ2v) is 37.4. The van der Waals surface area contributed by atoms with Crippen LogP contribution in [0, 0.1) is 24.2 Å². The van der Waals surface area contributed by atoms with Crippen molar-refractivity contribution in [1.82, 2.24) is 4.98 Å². The maximum absolute atomic E-state index is 15.0. The molecule has 1 aromatic rings. The van der Waals surface area contributed by atoms with Crippen molar-refractivity contribution >= 4 is 48.1 Å². The van der Waals surface area contributed by atoms with Gasteiger partial charge in [0, 0.05) is 23.3 Å². The number of aliphatic hydroxyl groups excluding tert-OH is 1. The second kappa shape index (κ2) is 20.7. The first kappa shape index (κ1) is 53.3. The molecule has 326 valence electrons. The molecule has 1 N–H and O–H groups in total. The Morgan fingerprint density at radius 3 is 1.79 bits per heavy atom. The van der Waals surface area contributed by atoms with E-state index in [0.29, 0.717) is 12.8 Å². The maximum atomic E-state index is 15.0. The van der Waals surface area contributed by atoms with Gasteiger partial charge in [-0.25, -0.2) is 4.98 Å². The first-order valence-corrected chi connectivity index (χ1v) is 31.2. The van der Waals surface area contributed by atoms with Crippen LogP contribution in [0.2, 0.25) is 54.4 Å². The number of carbonyl (C=O) groups excluding carboxylic acids is 1. The number of aryl methyl sites for hydroxylation is 1. The summed E-state index contributed by atoms with van der Waals surface area (Å²) in [4.78, 5) is 19.7. The number of thiazole rings is 1. The van der Waals surface area contributed by atoms with E-state index in [4.69, 9.17) is 18.3 Å². The summed E-state index contributed by atoms with van der Waals surface area (Å²) < 4.78 is 21.3. The van der Waals surface area contributed by atoms with Gasteiger partial charge in [-0.3, -0.25) is 4.79 Å². The zero-order valence-electron chi connectivity index (χ0n) is 40.5. The number of aromatic nitrogens is 1. The highest BCUT2D eigenvalue weighted by Gasteiger charge is 2.50. The van der Waals surface area contributed by atoms with Crippen molar-refractivity contribution in [3.63, 3.8) is 0 Å². The van der Waals surface area contributed by atoms with Crippen LogP contribution >= 0.6 is 11.3 Å². The highest BCUT2D eigenvalue weighted by Crippen LogP contribution is 2.45. The fourth-order valence-corrected chi connectivity index (χ4v) is 11.3. The van der Waals surface area contributed by atoms with E-state index < -0.39 is 30.4 Å². The number of ketones is 1. The Balaban J connectivity index is 3.40. The van der Waals surface area contributed by atoms with Crippen molar-refractivity contribution in [1.29, 1.82) is 0 Å². The highest BCUT2D eigenvalue weighted by atomic mass is 32.1. The molecule has 1 rings (SSSR count). The molecule has 0 amide bonds. The molecule has 0 fully saturated rings. The van der Waals surface area contributed by atoms with Crippen LogP contribution in [0.5, 0.6) is 0 Å². The second-order valence-electron chi connectivity index (χ2n) is 22.0. The summed E-state index contributed by atoms with van der Waals surface area (Å²) in [5.41, 5.74) is 2.83. The molecule has 0 bridgehead atoms. The van der Waals surface area contributed by atoms with Crippen molar-refractivity contribution in [2.45, 2.75) is 222 Å². The molecule has 0 spiro atoms. The topological polar surface area (TPSA) is 77.9 Å². The van der Waals surface area contributed by atoms with E-state index in [0.717, 1.165) is 36.4 Å². The molecule has 5 atom stereocenters. The summed E-state index contributed by atoms with van der Waals surface area (Å²) in [6.45, 7) is 49.2. The Kier molecular flexibility index (Phi) is 19.7. The molecule has 0 saturated heterocycles. The lowest BCUT2D eigenvalue weighted by atomic mass is 9.71. The summed E-state index contributed by atoms with van der Waals surface area (Å²) in [7, 11) is -6.45. The summed E-state index contributed by atoms with van der Waals surface area (Å²) >= 11 is 1.68. The minimum Gasteiger partial charge on any atom is -0.413 e. The van der Waals surface area contributed by atoms with Gasteiger partial charge in [0.1, 0.15) is 5.78 Å². The van der Waals surface area contributed by atoms with E-state index in [9.17, 15) is 9.90 Å². The molecule has 0 saturated carbocycles. The monoisotopic (exact) mass is 852 g/mol. The van der Waals surface area contributed by atoms with E-state index in [1.54, 1.807) is 11.3 Å². The Morgan fingerprint density at radius 1 is 0.839 bits per heavy atom. The average molecular weight is 853 g/mol. The minimum atomic E-state index is -2.23. The van der Waals surface area contributed by atoms with Gasteiger partial charge in [-0.15, -0.1) is 11.3 Å². The quantitative estimate of drug-likeness (QED) is 0.0925. The van der Waals surface area contributed by atoms with Gasteiger partial charge >= 0.3 is 0 Å². The minimum absolute atomic E-state index is 0.00379. The number of nitrogens with zero attached hydrogens (tertiary/aromatic N) is 1. The van der Waals surface area contributed by atoms with Crippen LogP contribution in [0.25, 0.3) is 6.08 Å². The predicted molar refractivity (Wildman–Crippen MR) is 252 cm³/mol. The van der Waals surface area contributed by atoms with Crippen LogP contribution in [0.3, 0.4) is 0 Å². The summed E-state index contributed by atoms with van der Waals surface area (Å²) in [6, 6.07) is 0. The lowest BCUT2D eigenvalue weighted by molar-refractivity contribution is -0.142. The van der Waals surface area contributed by atoms with Gasteiger partial charge in [-0.1, -0.05) is 102 Å². The smallest absolute Gasteiger partial charge is 0.192 e. The average Bonchev–Trinajstić information content (AvgIpc) is 3.44. The first-order chi connectivity index (χ1) is 25.1. The third-order valence-corrected chi connectivity index (χ3v) is 28.0. The largest absolute Gasteiger partial charge is 0.413 e. The molecule has 0 aliphatic heterocycles. The maximum Gasteiger partial charge on any atom is 0.192 e. The van der Waals surface area contributed by atoms with Crippen LogP contribution in [-0.4, -0.2) is 65.7 Å². The van der Waals surface area contributed by atoms with E-state index in [1.807, 2.05) is 13.8 Å². The van der Waals surface area contributed by atoms with Crippen LogP contribution in [0.1, 0.15) is 153 Å². The molecule has 1 aromatic heterocycles. The van der Waals surface area contributed by atoms with Crippen molar-refractivity contribution < 1.29 is 23.2 Å². The van der Waals surface area contributed by atoms with Gasteiger partial charge in [0.25, 0.3) is 0 Å². The number of carbonyl (C=O) groups is 1. The number of hydrogen-bond acceptors (Lipinski definition) is 7. The summed E-state index contributed by atoms with van der Waals surface area (Å²) in [5, 5.41) is 13.5. The van der Waals surface area contributed by atoms with Gasteiger partial charge in [0.2, 0.25) is 0 Å². The van der Waals surface area contributed by atoms with Gasteiger partial charge in [0.05, 0.1) is 29.0 Å². The molecular formula is C46H89NO5SSi3. The zero-order valence-corrected chi connectivity index (χ0v) is 44.3. The first-order valence-electron chi connectivity index (χ1n) is 21.6. The number of Topliss-reactive ketones (excluding diaryl/α,β-unsaturated/α-hetero) is 1. The highest BCUT2D eigenvalue weighted by molar-refractivity contribution is 7.09. The SMILES string of the molecule is CC[C@@H](C(=O)C(C)(C)[C@H](CCO)O[Si](C)(C)C(C)(C)C)[C@@H](O[Si](C)(C)C(C)(C)C)[C@@H](C)CCC/C(C)=C/C[C@H](O[Si](C)(C)C(C)(C)C)/C(C)=C/c1csc(C)n1. The normalized spacial score (nSPS) is 17.5. The summed E-state index contributed by atoms with van der Waals surface area (Å²) in [5.74, 6) is 0.132.